The highest BCUT2D eigenvalue weighted by atomic mass is 32.2. The van der Waals surface area contributed by atoms with Gasteiger partial charge in [-0.1, -0.05) is 76.6 Å². The predicted molar refractivity (Wildman–Crippen MR) is 109 cm³/mol. The summed E-state index contributed by atoms with van der Waals surface area (Å²) < 4.78 is 33.6. The van der Waals surface area contributed by atoms with Crippen molar-refractivity contribution in [1.29, 1.82) is 0 Å². The Morgan fingerprint density at radius 2 is 1.46 bits per heavy atom. The maximum absolute atomic E-state index is 11.9. The Morgan fingerprint density at radius 3 is 2.08 bits per heavy atom. The number of unbranched alkanes of at least 4 members (excludes halogenated alkanes) is 6. The average Bonchev–Trinajstić information content (AvgIpc) is 2.61. The van der Waals surface area contributed by atoms with E-state index in [1.807, 2.05) is 6.07 Å². The van der Waals surface area contributed by atoms with E-state index in [4.69, 9.17) is 0 Å². The highest BCUT2D eigenvalue weighted by Crippen LogP contribution is 2.29. The van der Waals surface area contributed by atoms with Gasteiger partial charge in [0.15, 0.2) is 0 Å². The van der Waals surface area contributed by atoms with Crippen LogP contribution < -0.4 is 0 Å². The molecule has 0 spiro atoms. The van der Waals surface area contributed by atoms with Gasteiger partial charge in [-0.25, -0.2) is 0 Å². The molecule has 0 aliphatic heterocycles. The lowest BCUT2D eigenvalue weighted by atomic mass is 9.96. The van der Waals surface area contributed by atoms with Crippen molar-refractivity contribution in [3.8, 4) is 0 Å². The van der Waals surface area contributed by atoms with Crippen LogP contribution in [0.5, 0.6) is 0 Å². The molecule has 144 valence electrons. The third-order valence-corrected chi connectivity index (χ3v) is 5.90. The second-order valence-corrected chi connectivity index (χ2v) is 8.59. The molecule has 0 amide bonds. The van der Waals surface area contributed by atoms with Gasteiger partial charge in [-0.3, -0.25) is 4.55 Å². The summed E-state index contributed by atoms with van der Waals surface area (Å²) in [6.07, 6.45) is 11.1. The Balaban J connectivity index is 2.38. The molecule has 2 aromatic carbocycles. The monoisotopic (exact) mass is 376 g/mol. The Morgan fingerprint density at radius 1 is 0.808 bits per heavy atom. The van der Waals surface area contributed by atoms with Gasteiger partial charge in [0.1, 0.15) is 4.90 Å². The minimum atomic E-state index is -4.23. The zero-order valence-corrected chi connectivity index (χ0v) is 16.9. The number of rotatable bonds is 11. The molecule has 2 rings (SSSR count). The zero-order valence-electron chi connectivity index (χ0n) is 16.1. The van der Waals surface area contributed by atoms with Gasteiger partial charge < -0.3 is 0 Å². The van der Waals surface area contributed by atoms with Crippen LogP contribution in [-0.2, 0) is 23.0 Å². The van der Waals surface area contributed by atoms with Gasteiger partial charge >= 0.3 is 0 Å². The third kappa shape index (κ3) is 5.82. The molecule has 3 nitrogen and oxygen atoms in total. The van der Waals surface area contributed by atoms with Crippen molar-refractivity contribution < 1.29 is 13.0 Å². The van der Waals surface area contributed by atoms with Gasteiger partial charge in [-0.2, -0.15) is 8.42 Å². The molecule has 0 aliphatic carbocycles. The van der Waals surface area contributed by atoms with E-state index >= 15 is 0 Å². The second kappa shape index (κ2) is 10.1. The van der Waals surface area contributed by atoms with E-state index < -0.39 is 10.1 Å². The van der Waals surface area contributed by atoms with E-state index in [2.05, 4.69) is 26.0 Å². The molecule has 2 aromatic rings. The van der Waals surface area contributed by atoms with Crippen LogP contribution in [0.25, 0.3) is 10.8 Å². The molecule has 0 unspecified atom stereocenters. The molecule has 0 radical (unpaired) electrons. The maximum atomic E-state index is 11.9. The summed E-state index contributed by atoms with van der Waals surface area (Å²) in [5, 5.41) is 1.61. The van der Waals surface area contributed by atoms with Crippen LogP contribution in [-0.4, -0.2) is 13.0 Å². The second-order valence-electron chi connectivity index (χ2n) is 7.20. The topological polar surface area (TPSA) is 54.4 Å². The van der Waals surface area contributed by atoms with E-state index in [-0.39, 0.29) is 4.90 Å². The lowest BCUT2D eigenvalue weighted by Crippen LogP contribution is -2.02. The fraction of sp³-hybridized carbons (Fsp3) is 0.545. The summed E-state index contributed by atoms with van der Waals surface area (Å²) in [7, 11) is -4.23. The summed E-state index contributed by atoms with van der Waals surface area (Å²) in [6.45, 7) is 4.37. The molecular formula is C22H32O3S. The molecule has 0 bridgehead atoms. The van der Waals surface area contributed by atoms with Crippen molar-refractivity contribution in [3.05, 3.63) is 41.5 Å². The molecule has 0 saturated carbocycles. The fourth-order valence-corrected chi connectivity index (χ4v) is 4.30. The molecule has 0 fully saturated rings. The van der Waals surface area contributed by atoms with Gasteiger partial charge in [-0.05, 0) is 48.3 Å². The van der Waals surface area contributed by atoms with Gasteiger partial charge in [0.25, 0.3) is 10.1 Å². The number of hydrogen-bond acceptors (Lipinski definition) is 2. The Kier molecular flexibility index (Phi) is 8.11. The summed E-state index contributed by atoms with van der Waals surface area (Å²) in [4.78, 5) is 0.0518. The fourth-order valence-electron chi connectivity index (χ4n) is 3.55. The quantitative estimate of drug-likeness (QED) is 0.368. The predicted octanol–water partition coefficient (Wildman–Crippen LogP) is 6.33. The first-order valence-electron chi connectivity index (χ1n) is 9.99. The molecule has 0 aromatic heterocycles. The number of benzene rings is 2. The zero-order chi connectivity index (χ0) is 19.0. The van der Waals surface area contributed by atoms with Crippen molar-refractivity contribution in [2.24, 2.45) is 0 Å². The Bertz CT molecular complexity index is 809. The SMILES string of the molecule is CCCCCCc1cc(S(=O)(=O)O)c2cccc(CCCCCC)c2c1. The highest BCUT2D eigenvalue weighted by molar-refractivity contribution is 7.86. The minimum absolute atomic E-state index is 0.0518. The molecule has 0 aliphatic rings. The maximum Gasteiger partial charge on any atom is 0.295 e. The van der Waals surface area contributed by atoms with Crippen LogP contribution in [0.2, 0.25) is 0 Å². The van der Waals surface area contributed by atoms with Gasteiger partial charge in [-0.15, -0.1) is 0 Å². The van der Waals surface area contributed by atoms with Gasteiger partial charge in [0, 0.05) is 5.39 Å². The summed E-state index contributed by atoms with van der Waals surface area (Å²) in [5.41, 5.74) is 2.18. The number of aryl methyl sites for hydroxylation is 2. The largest absolute Gasteiger partial charge is 0.295 e. The van der Waals surface area contributed by atoms with Crippen LogP contribution in [0.4, 0.5) is 0 Å². The number of hydrogen-bond donors (Lipinski definition) is 1. The molecule has 0 saturated heterocycles. The van der Waals surface area contributed by atoms with Crippen LogP contribution in [0.3, 0.4) is 0 Å². The first-order chi connectivity index (χ1) is 12.5. The van der Waals surface area contributed by atoms with E-state index in [1.165, 1.54) is 37.7 Å². The Labute approximate surface area is 158 Å². The molecule has 0 atom stereocenters. The average molecular weight is 377 g/mol. The van der Waals surface area contributed by atoms with Crippen LogP contribution in [0.1, 0.15) is 76.3 Å². The summed E-state index contributed by atoms with van der Waals surface area (Å²) in [5.74, 6) is 0. The normalized spacial score (nSPS) is 12.0. The van der Waals surface area contributed by atoms with E-state index in [0.29, 0.717) is 5.39 Å². The molecule has 26 heavy (non-hydrogen) atoms. The van der Waals surface area contributed by atoms with E-state index in [1.54, 1.807) is 12.1 Å². The highest BCUT2D eigenvalue weighted by Gasteiger charge is 2.17. The van der Waals surface area contributed by atoms with Crippen molar-refractivity contribution >= 4 is 20.9 Å². The van der Waals surface area contributed by atoms with Gasteiger partial charge in [0.2, 0.25) is 0 Å². The third-order valence-electron chi connectivity index (χ3n) is 5.00. The van der Waals surface area contributed by atoms with Crippen molar-refractivity contribution in [3.63, 3.8) is 0 Å². The van der Waals surface area contributed by atoms with Crippen LogP contribution >= 0.6 is 0 Å². The summed E-state index contributed by atoms with van der Waals surface area (Å²) in [6, 6.07) is 9.57. The lowest BCUT2D eigenvalue weighted by Gasteiger charge is -2.12. The van der Waals surface area contributed by atoms with Crippen LogP contribution in [0, 0.1) is 0 Å². The molecule has 4 heteroatoms. The number of fused-ring (bicyclic) bond motifs is 1. The smallest absolute Gasteiger partial charge is 0.282 e. The van der Waals surface area contributed by atoms with Crippen LogP contribution in [0.15, 0.2) is 35.2 Å². The van der Waals surface area contributed by atoms with Crippen molar-refractivity contribution in [2.45, 2.75) is 83.0 Å². The lowest BCUT2D eigenvalue weighted by molar-refractivity contribution is 0.484. The minimum Gasteiger partial charge on any atom is -0.282 e. The Hall–Kier alpha value is -1.39. The van der Waals surface area contributed by atoms with E-state index in [9.17, 15) is 13.0 Å². The molecular weight excluding hydrogens is 344 g/mol. The van der Waals surface area contributed by atoms with Crippen molar-refractivity contribution in [1.82, 2.24) is 0 Å². The summed E-state index contributed by atoms with van der Waals surface area (Å²) >= 11 is 0. The van der Waals surface area contributed by atoms with Gasteiger partial charge in [0.05, 0.1) is 0 Å². The molecule has 0 heterocycles. The first kappa shape index (κ1) is 20.9. The van der Waals surface area contributed by atoms with Crippen molar-refractivity contribution in [2.75, 3.05) is 0 Å². The molecule has 1 N–H and O–H groups in total. The standard InChI is InChI=1S/C22H32O3S/c1-3-5-7-9-12-18-16-21-19(13-10-8-6-4-2)14-11-15-20(21)22(17-18)26(23,24)25/h11,14-17H,3-10,12-13H2,1-2H3,(H,23,24,25). The first-order valence-corrected chi connectivity index (χ1v) is 11.4. The van der Waals surface area contributed by atoms with E-state index in [0.717, 1.165) is 43.1 Å².